The van der Waals surface area contributed by atoms with Crippen LogP contribution in [0.3, 0.4) is 0 Å². The number of ether oxygens (including phenoxy) is 1. The Hall–Kier alpha value is -1.63. The first-order valence-corrected chi connectivity index (χ1v) is 4.03. The zero-order valence-corrected chi connectivity index (χ0v) is 7.74. The summed E-state index contributed by atoms with van der Waals surface area (Å²) in [5.41, 5.74) is 1.78. The van der Waals surface area contributed by atoms with Crippen LogP contribution in [0.25, 0.3) is 4.85 Å². The van der Waals surface area contributed by atoms with Gasteiger partial charge in [-0.1, -0.05) is 6.92 Å². The fraction of sp³-hybridized carbons (Fsp3) is 0.444. The molecule has 1 heterocycles. The monoisotopic (exact) mass is 177 g/mol. The average molecular weight is 177 g/mol. The Kier molecular flexibility index (Phi) is 3.21. The van der Waals surface area contributed by atoms with Crippen molar-refractivity contribution in [3.05, 3.63) is 28.9 Å². The second-order valence-electron chi connectivity index (χ2n) is 2.50. The van der Waals surface area contributed by atoms with Gasteiger partial charge in [-0.05, 0) is 6.42 Å². The summed E-state index contributed by atoms with van der Waals surface area (Å²) < 4.78 is 4.89. The summed E-state index contributed by atoms with van der Waals surface area (Å²) in [5.74, 6) is 0. The maximum absolute atomic E-state index is 6.75. The highest BCUT2D eigenvalue weighted by Gasteiger charge is 2.07. The molecule has 1 rings (SSSR count). The van der Waals surface area contributed by atoms with Gasteiger partial charge in [0.25, 0.3) is 0 Å². The highest BCUT2D eigenvalue weighted by Crippen LogP contribution is 2.10. The minimum atomic E-state index is 0.340. The Morgan fingerprint density at radius 1 is 1.62 bits per heavy atom. The number of methoxy groups -OCH3 is 1. The van der Waals surface area contributed by atoms with E-state index in [-0.39, 0.29) is 0 Å². The SMILES string of the molecule is [C-]#[N+]Cc1cnc(OC)nc1CC. The maximum atomic E-state index is 6.75. The Morgan fingerprint density at radius 2 is 2.38 bits per heavy atom. The van der Waals surface area contributed by atoms with E-state index in [9.17, 15) is 0 Å². The van der Waals surface area contributed by atoms with Crippen molar-refractivity contribution >= 4 is 0 Å². The number of hydrogen-bond donors (Lipinski definition) is 0. The summed E-state index contributed by atoms with van der Waals surface area (Å²) >= 11 is 0. The lowest BCUT2D eigenvalue weighted by Crippen LogP contribution is -2.00. The van der Waals surface area contributed by atoms with E-state index >= 15 is 0 Å². The van der Waals surface area contributed by atoms with E-state index in [1.54, 1.807) is 6.20 Å². The van der Waals surface area contributed by atoms with Crippen molar-refractivity contribution in [2.75, 3.05) is 7.11 Å². The molecule has 0 atom stereocenters. The molecular formula is C9H11N3O. The highest BCUT2D eigenvalue weighted by atomic mass is 16.5. The van der Waals surface area contributed by atoms with Gasteiger partial charge in [0.2, 0.25) is 6.54 Å². The second kappa shape index (κ2) is 4.41. The van der Waals surface area contributed by atoms with E-state index in [2.05, 4.69) is 14.8 Å². The van der Waals surface area contributed by atoms with Crippen molar-refractivity contribution in [2.24, 2.45) is 0 Å². The first-order chi connectivity index (χ1) is 6.31. The van der Waals surface area contributed by atoms with Gasteiger partial charge in [-0.3, -0.25) is 0 Å². The maximum Gasteiger partial charge on any atom is 0.316 e. The Labute approximate surface area is 77.4 Å². The number of rotatable bonds is 3. The van der Waals surface area contributed by atoms with Crippen LogP contribution in [0.4, 0.5) is 0 Å². The van der Waals surface area contributed by atoms with Crippen LogP contribution in [0, 0.1) is 6.57 Å². The predicted octanol–water partition coefficient (Wildman–Crippen LogP) is 1.47. The molecule has 0 aliphatic carbocycles. The van der Waals surface area contributed by atoms with Gasteiger partial charge in [-0.2, -0.15) is 4.98 Å². The van der Waals surface area contributed by atoms with Gasteiger partial charge in [0.05, 0.1) is 18.4 Å². The van der Waals surface area contributed by atoms with Crippen LogP contribution in [-0.4, -0.2) is 17.1 Å². The molecule has 0 saturated carbocycles. The lowest BCUT2D eigenvalue weighted by atomic mass is 10.2. The molecule has 13 heavy (non-hydrogen) atoms. The summed E-state index contributed by atoms with van der Waals surface area (Å²) in [5, 5.41) is 0. The van der Waals surface area contributed by atoms with Crippen LogP contribution in [0.15, 0.2) is 6.20 Å². The molecule has 0 saturated heterocycles. The zero-order chi connectivity index (χ0) is 9.68. The minimum Gasteiger partial charge on any atom is -0.467 e. The molecule has 0 spiro atoms. The van der Waals surface area contributed by atoms with Gasteiger partial charge in [0, 0.05) is 6.20 Å². The molecule has 1 aromatic rings. The van der Waals surface area contributed by atoms with Crippen molar-refractivity contribution in [3.63, 3.8) is 0 Å². The van der Waals surface area contributed by atoms with Gasteiger partial charge in [0.1, 0.15) is 0 Å². The molecule has 0 bridgehead atoms. The molecule has 4 nitrogen and oxygen atoms in total. The lowest BCUT2D eigenvalue weighted by Gasteiger charge is -2.02. The van der Waals surface area contributed by atoms with Gasteiger partial charge in [-0.25, -0.2) is 11.6 Å². The molecule has 0 fully saturated rings. The van der Waals surface area contributed by atoms with Gasteiger partial charge >= 0.3 is 6.01 Å². The van der Waals surface area contributed by atoms with Crippen LogP contribution in [0.2, 0.25) is 0 Å². The van der Waals surface area contributed by atoms with Crippen molar-refractivity contribution in [1.29, 1.82) is 0 Å². The standard InChI is InChI=1S/C9H11N3O/c1-4-8-7(5-10-2)6-11-9(12-8)13-3/h6H,4-5H2,1,3H3. The van der Waals surface area contributed by atoms with Crippen molar-refractivity contribution in [2.45, 2.75) is 19.9 Å². The molecule has 0 aliphatic rings. The summed E-state index contributed by atoms with van der Waals surface area (Å²) in [6, 6.07) is 0.366. The average Bonchev–Trinajstić information content (AvgIpc) is 2.19. The third-order valence-electron chi connectivity index (χ3n) is 1.70. The van der Waals surface area contributed by atoms with Crippen molar-refractivity contribution < 1.29 is 4.74 Å². The molecule has 0 aromatic carbocycles. The fourth-order valence-corrected chi connectivity index (χ4v) is 1.05. The minimum absolute atomic E-state index is 0.340. The van der Waals surface area contributed by atoms with Crippen LogP contribution >= 0.6 is 0 Å². The summed E-state index contributed by atoms with van der Waals surface area (Å²) in [7, 11) is 1.53. The zero-order valence-electron chi connectivity index (χ0n) is 7.74. The largest absolute Gasteiger partial charge is 0.467 e. The first-order valence-electron chi connectivity index (χ1n) is 4.03. The van der Waals surface area contributed by atoms with E-state index in [4.69, 9.17) is 11.3 Å². The van der Waals surface area contributed by atoms with Crippen LogP contribution in [-0.2, 0) is 13.0 Å². The topological polar surface area (TPSA) is 39.4 Å². The van der Waals surface area contributed by atoms with Crippen LogP contribution in [0.1, 0.15) is 18.2 Å². The van der Waals surface area contributed by atoms with Crippen molar-refractivity contribution in [1.82, 2.24) is 9.97 Å². The Morgan fingerprint density at radius 3 is 2.92 bits per heavy atom. The van der Waals surface area contributed by atoms with Crippen molar-refractivity contribution in [3.8, 4) is 6.01 Å². The summed E-state index contributed by atoms with van der Waals surface area (Å²) in [4.78, 5) is 11.4. The molecular weight excluding hydrogens is 166 g/mol. The summed E-state index contributed by atoms with van der Waals surface area (Å²) in [6.07, 6.45) is 2.45. The van der Waals surface area contributed by atoms with E-state index in [0.717, 1.165) is 17.7 Å². The fourth-order valence-electron chi connectivity index (χ4n) is 1.05. The van der Waals surface area contributed by atoms with Gasteiger partial charge in [0.15, 0.2) is 0 Å². The molecule has 0 radical (unpaired) electrons. The number of aryl methyl sites for hydroxylation is 1. The van der Waals surface area contributed by atoms with Crippen LogP contribution < -0.4 is 4.74 Å². The van der Waals surface area contributed by atoms with Gasteiger partial charge < -0.3 is 9.58 Å². The number of hydrogen-bond acceptors (Lipinski definition) is 3. The number of aromatic nitrogens is 2. The third-order valence-corrected chi connectivity index (χ3v) is 1.70. The van der Waals surface area contributed by atoms with Crippen LogP contribution in [0.5, 0.6) is 6.01 Å². The van der Waals surface area contributed by atoms with E-state index in [1.807, 2.05) is 6.92 Å². The molecule has 68 valence electrons. The normalized spacial score (nSPS) is 9.31. The van der Waals surface area contributed by atoms with Gasteiger partial charge in [-0.15, -0.1) is 0 Å². The molecule has 0 unspecified atom stereocenters. The van der Waals surface area contributed by atoms with E-state index < -0.39 is 0 Å². The molecule has 0 aliphatic heterocycles. The first kappa shape index (κ1) is 9.46. The number of nitrogens with zero attached hydrogens (tertiary/aromatic N) is 3. The van der Waals surface area contributed by atoms with E-state index in [0.29, 0.717) is 12.6 Å². The lowest BCUT2D eigenvalue weighted by molar-refractivity contribution is 0.377. The summed E-state index contributed by atoms with van der Waals surface area (Å²) in [6.45, 7) is 9.08. The smallest absolute Gasteiger partial charge is 0.316 e. The predicted molar refractivity (Wildman–Crippen MR) is 48.3 cm³/mol. The Bertz CT molecular complexity index is 330. The molecule has 0 N–H and O–H groups in total. The highest BCUT2D eigenvalue weighted by molar-refractivity contribution is 5.20. The molecule has 4 heteroatoms. The molecule has 0 amide bonds. The third kappa shape index (κ3) is 2.15. The quantitative estimate of drug-likeness (QED) is 0.656. The van der Waals surface area contributed by atoms with E-state index in [1.165, 1.54) is 7.11 Å². The Balaban J connectivity index is 3.02. The molecule has 1 aromatic heterocycles. The second-order valence-corrected chi connectivity index (χ2v) is 2.50.